The molecule has 0 unspecified atom stereocenters. The van der Waals surface area contributed by atoms with Crippen molar-refractivity contribution < 1.29 is 14.3 Å². The molecule has 2 aromatic carbocycles. The van der Waals surface area contributed by atoms with Gasteiger partial charge in [-0.2, -0.15) is 0 Å². The lowest BCUT2D eigenvalue weighted by atomic mass is 9.97. The molecular formula is C22H24N2O3S. The number of carbonyl (C=O) groups excluding carboxylic acids is 2. The van der Waals surface area contributed by atoms with Gasteiger partial charge in [0, 0.05) is 12.1 Å². The third-order valence-electron chi connectivity index (χ3n) is 4.62. The molecule has 28 heavy (non-hydrogen) atoms. The molecule has 1 N–H and O–H groups in total. The summed E-state index contributed by atoms with van der Waals surface area (Å²) in [7, 11) is 0. The lowest BCUT2D eigenvalue weighted by Crippen LogP contribution is -2.21. The van der Waals surface area contributed by atoms with Gasteiger partial charge in [0.15, 0.2) is 6.61 Å². The fourth-order valence-electron chi connectivity index (χ4n) is 2.90. The van der Waals surface area contributed by atoms with Crippen LogP contribution in [0.15, 0.2) is 48.5 Å². The summed E-state index contributed by atoms with van der Waals surface area (Å²) in [5, 5.41) is 3.74. The van der Waals surface area contributed by atoms with Crippen molar-refractivity contribution in [3.8, 4) is 0 Å². The van der Waals surface area contributed by atoms with Crippen molar-refractivity contribution in [2.24, 2.45) is 0 Å². The lowest BCUT2D eigenvalue weighted by Gasteiger charge is -2.15. The Morgan fingerprint density at radius 1 is 1.14 bits per heavy atom. The van der Waals surface area contributed by atoms with Crippen LogP contribution in [0.2, 0.25) is 0 Å². The summed E-state index contributed by atoms with van der Waals surface area (Å²) in [5.74, 6) is -0.387. The van der Waals surface area contributed by atoms with Crippen LogP contribution >= 0.6 is 11.3 Å². The van der Waals surface area contributed by atoms with Gasteiger partial charge < -0.3 is 10.1 Å². The van der Waals surface area contributed by atoms with Crippen LogP contribution in [0.5, 0.6) is 0 Å². The summed E-state index contributed by atoms with van der Waals surface area (Å²) in [6, 6.07) is 15.6. The first-order chi connectivity index (χ1) is 13.6. The Bertz CT molecular complexity index is 934. The fourth-order valence-corrected chi connectivity index (χ4v) is 3.87. The minimum absolute atomic E-state index is 0.205. The predicted octanol–water partition coefficient (Wildman–Crippen LogP) is 4.92. The summed E-state index contributed by atoms with van der Waals surface area (Å²) in [5.41, 5.74) is 2.79. The van der Waals surface area contributed by atoms with Gasteiger partial charge in [-0.1, -0.05) is 44.2 Å². The number of hydrogen-bond donors (Lipinski definition) is 1. The van der Waals surface area contributed by atoms with Crippen molar-refractivity contribution in [1.82, 2.24) is 4.98 Å². The minimum Gasteiger partial charge on any atom is -0.456 e. The van der Waals surface area contributed by atoms with Gasteiger partial charge in [-0.25, -0.2) is 4.98 Å². The second-order valence-electron chi connectivity index (χ2n) is 6.68. The van der Waals surface area contributed by atoms with Gasteiger partial charge in [-0.3, -0.25) is 9.59 Å². The summed E-state index contributed by atoms with van der Waals surface area (Å²) in [6.07, 6.45) is 1.70. The molecule has 146 valence electrons. The first-order valence-corrected chi connectivity index (χ1v) is 10.3. The Morgan fingerprint density at radius 2 is 1.89 bits per heavy atom. The molecule has 3 aromatic rings. The molecule has 0 spiro atoms. The summed E-state index contributed by atoms with van der Waals surface area (Å²) in [4.78, 5) is 28.7. The number of hydrogen-bond acceptors (Lipinski definition) is 5. The van der Waals surface area contributed by atoms with Gasteiger partial charge >= 0.3 is 5.97 Å². The zero-order valence-electron chi connectivity index (χ0n) is 16.1. The highest BCUT2D eigenvalue weighted by Crippen LogP contribution is 2.26. The lowest BCUT2D eigenvalue weighted by molar-refractivity contribution is -0.147. The number of carbonyl (C=O) groups is 2. The van der Waals surface area contributed by atoms with E-state index in [4.69, 9.17) is 4.74 Å². The van der Waals surface area contributed by atoms with Crippen LogP contribution in [0, 0.1) is 0 Å². The van der Waals surface area contributed by atoms with Gasteiger partial charge in [0.2, 0.25) is 0 Å². The highest BCUT2D eigenvalue weighted by Gasteiger charge is 2.13. The van der Waals surface area contributed by atoms with Crippen LogP contribution in [0.25, 0.3) is 10.2 Å². The molecule has 0 radical (unpaired) electrons. The summed E-state index contributed by atoms with van der Waals surface area (Å²) >= 11 is 1.57. The van der Waals surface area contributed by atoms with Gasteiger partial charge in [0.05, 0.1) is 21.6 Å². The molecule has 0 aliphatic carbocycles. The summed E-state index contributed by atoms with van der Waals surface area (Å²) in [6.45, 7) is 3.94. The molecule has 0 saturated heterocycles. The zero-order chi connectivity index (χ0) is 19.9. The first-order valence-electron chi connectivity index (χ1n) is 9.45. The van der Waals surface area contributed by atoms with Crippen LogP contribution in [0.3, 0.4) is 0 Å². The molecule has 1 aromatic heterocycles. The molecule has 1 amide bonds. The second-order valence-corrected chi connectivity index (χ2v) is 7.80. The number of fused-ring (bicyclic) bond motifs is 1. The number of rotatable bonds is 8. The van der Waals surface area contributed by atoms with Gasteiger partial charge in [-0.05, 0) is 36.1 Å². The molecule has 6 heteroatoms. The Labute approximate surface area is 168 Å². The molecule has 0 aliphatic heterocycles. The monoisotopic (exact) mass is 396 g/mol. The van der Waals surface area contributed by atoms with Crippen LogP contribution in [-0.4, -0.2) is 23.5 Å². The van der Waals surface area contributed by atoms with E-state index < -0.39 is 5.97 Å². The molecule has 1 atom stereocenters. The van der Waals surface area contributed by atoms with E-state index in [0.717, 1.165) is 32.9 Å². The maximum atomic E-state index is 12.2. The number of aryl methyl sites for hydroxylation is 1. The Balaban J connectivity index is 1.47. The molecular weight excluding hydrogens is 372 g/mol. The Kier molecular flexibility index (Phi) is 6.76. The van der Waals surface area contributed by atoms with Gasteiger partial charge in [-0.15, -0.1) is 11.3 Å². The van der Waals surface area contributed by atoms with E-state index >= 15 is 0 Å². The number of aromatic nitrogens is 1. The topological polar surface area (TPSA) is 68.3 Å². The summed E-state index contributed by atoms with van der Waals surface area (Å²) < 4.78 is 6.23. The second kappa shape index (κ2) is 9.46. The molecule has 0 bridgehead atoms. The number of esters is 1. The standard InChI is InChI=1S/C22H24N2O3S/c1-3-15(2)16-8-4-5-9-17(16)23-20(25)14-27-22(26)13-12-21-24-18-10-6-7-11-19(18)28-21/h4-11,15H,3,12-14H2,1-2H3,(H,23,25)/t15-/m1/s1. The number of ether oxygens (including phenoxy) is 1. The number of para-hydroxylation sites is 2. The van der Waals surface area contributed by atoms with Crippen LogP contribution in [-0.2, 0) is 20.7 Å². The van der Waals surface area contributed by atoms with E-state index in [9.17, 15) is 9.59 Å². The molecule has 5 nitrogen and oxygen atoms in total. The van der Waals surface area contributed by atoms with Gasteiger partial charge in [0.1, 0.15) is 0 Å². The number of amides is 1. The number of anilines is 1. The largest absolute Gasteiger partial charge is 0.456 e. The normalized spacial score (nSPS) is 11.9. The average Bonchev–Trinajstić information content (AvgIpc) is 3.13. The highest BCUT2D eigenvalue weighted by molar-refractivity contribution is 7.18. The third kappa shape index (κ3) is 5.16. The van der Waals surface area contributed by atoms with Crippen LogP contribution in [0.1, 0.15) is 43.2 Å². The highest BCUT2D eigenvalue weighted by atomic mass is 32.1. The van der Waals surface area contributed by atoms with E-state index in [2.05, 4.69) is 24.1 Å². The maximum absolute atomic E-state index is 12.2. The number of nitrogens with one attached hydrogen (secondary N) is 1. The molecule has 0 saturated carbocycles. The van der Waals surface area contributed by atoms with Gasteiger partial charge in [0.25, 0.3) is 5.91 Å². The number of benzene rings is 2. The number of thiazole rings is 1. The van der Waals surface area contributed by atoms with Crippen molar-refractivity contribution in [2.75, 3.05) is 11.9 Å². The number of nitrogens with zero attached hydrogens (tertiary/aromatic N) is 1. The van der Waals surface area contributed by atoms with E-state index in [1.54, 1.807) is 11.3 Å². The third-order valence-corrected chi connectivity index (χ3v) is 5.72. The SMILES string of the molecule is CC[C@@H](C)c1ccccc1NC(=O)COC(=O)CCc1nc2ccccc2s1. The maximum Gasteiger partial charge on any atom is 0.306 e. The average molecular weight is 397 g/mol. The van der Waals surface area contributed by atoms with E-state index in [-0.39, 0.29) is 18.9 Å². The molecule has 3 rings (SSSR count). The molecule has 1 heterocycles. The van der Waals surface area contributed by atoms with Crippen molar-refractivity contribution in [2.45, 2.75) is 39.0 Å². The van der Waals surface area contributed by atoms with Crippen LogP contribution in [0.4, 0.5) is 5.69 Å². The van der Waals surface area contributed by atoms with Crippen molar-refractivity contribution >= 4 is 39.1 Å². The Morgan fingerprint density at radius 3 is 2.68 bits per heavy atom. The first kappa shape index (κ1) is 20.0. The van der Waals surface area contributed by atoms with Crippen molar-refractivity contribution in [3.63, 3.8) is 0 Å². The Hall–Kier alpha value is -2.73. The van der Waals surface area contributed by atoms with Crippen molar-refractivity contribution in [1.29, 1.82) is 0 Å². The fraction of sp³-hybridized carbons (Fsp3) is 0.318. The smallest absolute Gasteiger partial charge is 0.306 e. The van der Waals surface area contributed by atoms with E-state index in [1.165, 1.54) is 0 Å². The van der Waals surface area contributed by atoms with E-state index in [1.807, 2.05) is 48.5 Å². The quantitative estimate of drug-likeness (QED) is 0.549. The van der Waals surface area contributed by atoms with Crippen LogP contribution < -0.4 is 5.32 Å². The van der Waals surface area contributed by atoms with E-state index in [0.29, 0.717) is 12.3 Å². The molecule has 0 aliphatic rings. The molecule has 0 fully saturated rings. The zero-order valence-corrected chi connectivity index (χ0v) is 16.9. The minimum atomic E-state index is -0.399. The predicted molar refractivity (Wildman–Crippen MR) is 113 cm³/mol. The van der Waals surface area contributed by atoms with Crippen molar-refractivity contribution in [3.05, 3.63) is 59.1 Å².